The summed E-state index contributed by atoms with van der Waals surface area (Å²) in [6.07, 6.45) is 6.78. The lowest BCUT2D eigenvalue weighted by Gasteiger charge is -2.16. The van der Waals surface area contributed by atoms with Crippen LogP contribution < -0.4 is 5.32 Å². The number of halogens is 1. The lowest BCUT2D eigenvalue weighted by Crippen LogP contribution is -2.27. The van der Waals surface area contributed by atoms with E-state index in [2.05, 4.69) is 18.3 Å². The molecule has 1 saturated carbocycles. The van der Waals surface area contributed by atoms with Crippen LogP contribution in [-0.2, 0) is 6.54 Å². The highest BCUT2D eigenvalue weighted by molar-refractivity contribution is 6.30. The molecule has 1 N–H and O–H groups in total. The molecule has 1 aromatic rings. The van der Waals surface area contributed by atoms with Gasteiger partial charge in [0.05, 0.1) is 0 Å². The molecule has 1 aliphatic rings. The average Bonchev–Trinajstić information content (AvgIpc) is 2.52. The maximum Gasteiger partial charge on any atom is 0.0409 e. The van der Waals surface area contributed by atoms with Crippen LogP contribution in [0.2, 0.25) is 5.02 Å². The van der Waals surface area contributed by atoms with Crippen LogP contribution in [0.5, 0.6) is 0 Å². The molecule has 2 rings (SSSR count). The summed E-state index contributed by atoms with van der Waals surface area (Å²) in [4.78, 5) is 0. The Bertz CT molecular complexity index is 351. The first-order chi connectivity index (χ1) is 8.24. The van der Waals surface area contributed by atoms with E-state index in [1.165, 1.54) is 37.7 Å². The van der Waals surface area contributed by atoms with Gasteiger partial charge in [0.25, 0.3) is 0 Å². The van der Waals surface area contributed by atoms with Crippen LogP contribution in [0.3, 0.4) is 0 Å². The highest BCUT2D eigenvalue weighted by Crippen LogP contribution is 2.23. The minimum Gasteiger partial charge on any atom is -0.310 e. The van der Waals surface area contributed by atoms with Gasteiger partial charge < -0.3 is 5.32 Å². The Morgan fingerprint density at radius 1 is 1.24 bits per heavy atom. The van der Waals surface area contributed by atoms with Gasteiger partial charge in [0, 0.05) is 17.6 Å². The molecule has 2 atom stereocenters. The summed E-state index contributed by atoms with van der Waals surface area (Å²) >= 11 is 5.98. The van der Waals surface area contributed by atoms with E-state index in [0.717, 1.165) is 17.5 Å². The molecule has 2 heteroatoms. The van der Waals surface area contributed by atoms with E-state index < -0.39 is 0 Å². The summed E-state index contributed by atoms with van der Waals surface area (Å²) in [7, 11) is 0. The van der Waals surface area contributed by atoms with Gasteiger partial charge in [0.1, 0.15) is 0 Å². The molecule has 0 spiro atoms. The second-order valence-corrected chi connectivity index (χ2v) is 5.76. The van der Waals surface area contributed by atoms with Gasteiger partial charge in [-0.15, -0.1) is 0 Å². The van der Waals surface area contributed by atoms with Crippen LogP contribution in [0.15, 0.2) is 24.3 Å². The Kier molecular flexibility index (Phi) is 4.87. The average molecular weight is 252 g/mol. The largest absolute Gasteiger partial charge is 0.310 e. The molecular formula is C15H22ClN. The monoisotopic (exact) mass is 251 g/mol. The Morgan fingerprint density at radius 2 is 2.12 bits per heavy atom. The van der Waals surface area contributed by atoms with Crippen molar-refractivity contribution in [3.63, 3.8) is 0 Å². The first kappa shape index (κ1) is 12.9. The summed E-state index contributed by atoms with van der Waals surface area (Å²) in [5, 5.41) is 4.50. The number of hydrogen-bond acceptors (Lipinski definition) is 1. The van der Waals surface area contributed by atoms with Crippen LogP contribution in [0.1, 0.15) is 44.6 Å². The molecule has 0 bridgehead atoms. The van der Waals surface area contributed by atoms with E-state index in [4.69, 9.17) is 11.6 Å². The van der Waals surface area contributed by atoms with E-state index in [1.807, 2.05) is 18.2 Å². The van der Waals surface area contributed by atoms with Gasteiger partial charge in [-0.3, -0.25) is 0 Å². The third-order valence-corrected chi connectivity index (χ3v) is 3.98. The first-order valence-corrected chi connectivity index (χ1v) is 7.09. The van der Waals surface area contributed by atoms with Gasteiger partial charge in [-0.2, -0.15) is 0 Å². The van der Waals surface area contributed by atoms with Gasteiger partial charge >= 0.3 is 0 Å². The topological polar surface area (TPSA) is 12.0 Å². The van der Waals surface area contributed by atoms with Crippen LogP contribution >= 0.6 is 11.6 Å². The van der Waals surface area contributed by atoms with E-state index in [-0.39, 0.29) is 0 Å². The Labute approximate surface area is 110 Å². The Hall–Kier alpha value is -0.530. The summed E-state index contributed by atoms with van der Waals surface area (Å²) in [6.45, 7) is 3.32. The van der Waals surface area contributed by atoms with Gasteiger partial charge in [-0.25, -0.2) is 0 Å². The maximum atomic E-state index is 5.98. The zero-order chi connectivity index (χ0) is 12.1. The van der Waals surface area contributed by atoms with Gasteiger partial charge in [0.2, 0.25) is 0 Å². The molecule has 94 valence electrons. The third-order valence-electron chi connectivity index (χ3n) is 3.74. The minimum atomic E-state index is 0.693. The summed E-state index contributed by atoms with van der Waals surface area (Å²) < 4.78 is 0. The fraction of sp³-hybridized carbons (Fsp3) is 0.600. The molecule has 0 radical (unpaired) electrons. The lowest BCUT2D eigenvalue weighted by molar-refractivity contribution is 0.447. The molecule has 0 saturated heterocycles. The zero-order valence-corrected chi connectivity index (χ0v) is 11.3. The van der Waals surface area contributed by atoms with Crippen LogP contribution in [0, 0.1) is 5.92 Å². The van der Waals surface area contributed by atoms with Crippen molar-refractivity contribution < 1.29 is 0 Å². The highest BCUT2D eigenvalue weighted by Gasteiger charge is 2.15. The normalized spacial score (nSPS) is 25.5. The van der Waals surface area contributed by atoms with Crippen molar-refractivity contribution in [2.45, 2.75) is 51.6 Å². The first-order valence-electron chi connectivity index (χ1n) is 6.72. The Balaban J connectivity index is 1.81. The summed E-state index contributed by atoms with van der Waals surface area (Å²) in [5.41, 5.74) is 1.29. The third kappa shape index (κ3) is 4.33. The van der Waals surface area contributed by atoms with Crippen molar-refractivity contribution in [2.24, 2.45) is 5.92 Å². The molecule has 0 aromatic heterocycles. The molecule has 0 amide bonds. The molecule has 0 aliphatic heterocycles. The van der Waals surface area contributed by atoms with Crippen molar-refractivity contribution >= 4 is 11.6 Å². The van der Waals surface area contributed by atoms with Gasteiger partial charge in [-0.1, -0.05) is 43.5 Å². The summed E-state index contributed by atoms with van der Waals surface area (Å²) in [5.74, 6) is 0.910. The standard InChI is InChI=1S/C15H22ClN/c1-12-4-2-7-15(9-8-12)17-11-13-5-3-6-14(16)10-13/h3,5-6,10,12,15,17H,2,4,7-9,11H2,1H3. The summed E-state index contributed by atoms with van der Waals surface area (Å²) in [6, 6.07) is 8.83. The SMILES string of the molecule is CC1CCCC(NCc2cccc(Cl)c2)CC1. The number of rotatable bonds is 3. The zero-order valence-electron chi connectivity index (χ0n) is 10.6. The quantitative estimate of drug-likeness (QED) is 0.786. The number of hydrogen-bond donors (Lipinski definition) is 1. The van der Waals surface area contributed by atoms with Gasteiger partial charge in [0.15, 0.2) is 0 Å². The molecule has 1 fully saturated rings. The van der Waals surface area contributed by atoms with E-state index in [9.17, 15) is 0 Å². The van der Waals surface area contributed by atoms with Crippen LogP contribution in [-0.4, -0.2) is 6.04 Å². The fourth-order valence-corrected chi connectivity index (χ4v) is 2.81. The molecule has 0 heterocycles. The highest BCUT2D eigenvalue weighted by atomic mass is 35.5. The number of nitrogens with one attached hydrogen (secondary N) is 1. The van der Waals surface area contributed by atoms with Gasteiger partial charge in [-0.05, 0) is 42.9 Å². The smallest absolute Gasteiger partial charge is 0.0409 e. The fourth-order valence-electron chi connectivity index (χ4n) is 2.60. The minimum absolute atomic E-state index is 0.693. The lowest BCUT2D eigenvalue weighted by atomic mass is 10.0. The van der Waals surface area contributed by atoms with E-state index in [1.54, 1.807) is 0 Å². The van der Waals surface area contributed by atoms with E-state index >= 15 is 0 Å². The van der Waals surface area contributed by atoms with Crippen molar-refractivity contribution in [1.82, 2.24) is 5.32 Å². The molecule has 17 heavy (non-hydrogen) atoms. The van der Waals surface area contributed by atoms with Crippen molar-refractivity contribution in [2.75, 3.05) is 0 Å². The van der Waals surface area contributed by atoms with Crippen LogP contribution in [0.25, 0.3) is 0 Å². The molecule has 2 unspecified atom stereocenters. The van der Waals surface area contributed by atoms with Crippen molar-refractivity contribution in [3.05, 3.63) is 34.9 Å². The molecular weight excluding hydrogens is 230 g/mol. The number of benzene rings is 1. The molecule has 1 aliphatic carbocycles. The van der Waals surface area contributed by atoms with Crippen molar-refractivity contribution in [3.8, 4) is 0 Å². The molecule has 1 nitrogen and oxygen atoms in total. The predicted molar refractivity (Wildman–Crippen MR) is 74.3 cm³/mol. The van der Waals surface area contributed by atoms with E-state index in [0.29, 0.717) is 6.04 Å². The second kappa shape index (κ2) is 6.42. The maximum absolute atomic E-state index is 5.98. The predicted octanol–water partition coefficient (Wildman–Crippen LogP) is 4.40. The van der Waals surface area contributed by atoms with Crippen LogP contribution in [0.4, 0.5) is 0 Å². The van der Waals surface area contributed by atoms with Crippen molar-refractivity contribution in [1.29, 1.82) is 0 Å². The Morgan fingerprint density at radius 3 is 2.94 bits per heavy atom. The second-order valence-electron chi connectivity index (χ2n) is 5.32. The molecule has 1 aromatic carbocycles.